The van der Waals surface area contributed by atoms with Gasteiger partial charge in [-0.3, -0.25) is 0 Å². The van der Waals surface area contributed by atoms with Crippen molar-refractivity contribution in [3.63, 3.8) is 0 Å². The van der Waals surface area contributed by atoms with Gasteiger partial charge in [-0.2, -0.15) is 0 Å². The second-order valence-electron chi connectivity index (χ2n) is 3.46. The van der Waals surface area contributed by atoms with Crippen LogP contribution in [0.25, 0.3) is 0 Å². The molecule has 1 unspecified atom stereocenters. The number of rotatable bonds is 4. The number of carbonyl (C=O) groups excluding carboxylic acids is 2. The summed E-state index contributed by atoms with van der Waals surface area (Å²) in [7, 11) is 0. The first-order valence-corrected chi connectivity index (χ1v) is 4.66. The minimum absolute atomic E-state index is 0.0264. The van der Waals surface area contributed by atoms with Gasteiger partial charge in [-0.15, -0.1) is 0 Å². The Labute approximate surface area is 89.4 Å². The van der Waals surface area contributed by atoms with Crippen LogP contribution < -0.4 is 5.32 Å². The summed E-state index contributed by atoms with van der Waals surface area (Å²) in [5.74, 6) is -0.583. The van der Waals surface area contributed by atoms with Crippen molar-refractivity contribution in [2.75, 3.05) is 0 Å². The van der Waals surface area contributed by atoms with E-state index in [1.807, 2.05) is 0 Å². The molecule has 0 fully saturated rings. The lowest BCUT2D eigenvalue weighted by Crippen LogP contribution is -2.34. The van der Waals surface area contributed by atoms with E-state index in [-0.39, 0.29) is 11.6 Å². The van der Waals surface area contributed by atoms with Crippen LogP contribution >= 0.6 is 0 Å². The topological polar surface area (TPSA) is 64.6 Å². The Bertz CT molecular complexity index is 260. The fraction of sp³-hybridized carbons (Fsp3) is 0.600. The molecule has 0 rings (SSSR count). The van der Waals surface area contributed by atoms with Gasteiger partial charge in [-0.05, 0) is 20.8 Å². The van der Waals surface area contributed by atoms with Gasteiger partial charge in [0.2, 0.25) is 6.29 Å². The molecule has 5 heteroatoms. The molecule has 0 radical (unpaired) electrons. The number of ether oxygens (including phenoxy) is 2. The summed E-state index contributed by atoms with van der Waals surface area (Å²) in [5, 5.41) is 2.50. The van der Waals surface area contributed by atoms with Crippen LogP contribution in [0.1, 0.15) is 27.7 Å². The monoisotopic (exact) mass is 215 g/mol. The molecule has 0 aromatic carbocycles. The van der Waals surface area contributed by atoms with Crippen molar-refractivity contribution >= 4 is 12.1 Å². The first-order valence-electron chi connectivity index (χ1n) is 4.66. The van der Waals surface area contributed by atoms with Gasteiger partial charge in [0.15, 0.2) is 0 Å². The summed E-state index contributed by atoms with van der Waals surface area (Å²) >= 11 is 0. The van der Waals surface area contributed by atoms with Crippen LogP contribution in [-0.4, -0.2) is 24.4 Å². The van der Waals surface area contributed by atoms with E-state index in [9.17, 15) is 9.59 Å². The lowest BCUT2D eigenvalue weighted by atomic mass is 10.4. The maximum Gasteiger partial charge on any atom is 0.410 e. The molecule has 15 heavy (non-hydrogen) atoms. The summed E-state index contributed by atoms with van der Waals surface area (Å²) < 4.78 is 9.49. The van der Waals surface area contributed by atoms with E-state index < -0.39 is 18.4 Å². The molecule has 1 amide bonds. The van der Waals surface area contributed by atoms with Gasteiger partial charge in [-0.1, -0.05) is 6.58 Å². The molecule has 0 aliphatic carbocycles. The molecule has 0 aromatic heterocycles. The first kappa shape index (κ1) is 13.5. The lowest BCUT2D eigenvalue weighted by molar-refractivity contribution is -0.159. The standard InChI is InChI=1S/C10H17NO4/c1-6(2)9(12)14-8(5)15-10(13)11-7(3)4/h7-8H,1H2,2-5H3,(H,11,13). The van der Waals surface area contributed by atoms with Crippen molar-refractivity contribution < 1.29 is 19.1 Å². The van der Waals surface area contributed by atoms with Gasteiger partial charge in [0.25, 0.3) is 0 Å². The van der Waals surface area contributed by atoms with Gasteiger partial charge < -0.3 is 14.8 Å². The summed E-state index contributed by atoms with van der Waals surface area (Å²) in [5.41, 5.74) is 0.259. The summed E-state index contributed by atoms with van der Waals surface area (Å²) in [6.07, 6.45) is -1.54. The van der Waals surface area contributed by atoms with Crippen molar-refractivity contribution in [2.45, 2.75) is 40.0 Å². The molecular formula is C10H17NO4. The smallest absolute Gasteiger partial charge is 0.410 e. The molecule has 1 atom stereocenters. The third kappa shape index (κ3) is 6.54. The van der Waals surface area contributed by atoms with E-state index in [1.54, 1.807) is 13.8 Å². The highest BCUT2D eigenvalue weighted by Gasteiger charge is 2.14. The minimum atomic E-state index is -0.923. The molecule has 5 nitrogen and oxygen atoms in total. The second-order valence-corrected chi connectivity index (χ2v) is 3.46. The van der Waals surface area contributed by atoms with Crippen molar-refractivity contribution in [2.24, 2.45) is 0 Å². The molecule has 0 bridgehead atoms. The Balaban J connectivity index is 3.93. The zero-order valence-electron chi connectivity index (χ0n) is 9.49. The second kappa shape index (κ2) is 6.06. The fourth-order valence-corrected chi connectivity index (χ4v) is 0.696. The summed E-state index contributed by atoms with van der Waals surface area (Å²) in [6, 6.07) is -0.0264. The number of carbonyl (C=O) groups is 2. The third-order valence-corrected chi connectivity index (χ3v) is 1.30. The van der Waals surface area contributed by atoms with Crippen LogP contribution in [0.15, 0.2) is 12.2 Å². The van der Waals surface area contributed by atoms with E-state index in [0.29, 0.717) is 0 Å². The highest BCUT2D eigenvalue weighted by atomic mass is 16.7. The largest absolute Gasteiger partial charge is 0.422 e. The molecule has 0 saturated heterocycles. The molecule has 0 spiro atoms. The van der Waals surface area contributed by atoms with Crippen molar-refractivity contribution in [1.29, 1.82) is 0 Å². The van der Waals surface area contributed by atoms with E-state index in [0.717, 1.165) is 0 Å². The Kier molecular flexibility index (Phi) is 5.44. The zero-order valence-corrected chi connectivity index (χ0v) is 9.49. The third-order valence-electron chi connectivity index (χ3n) is 1.30. The number of esters is 1. The average Bonchev–Trinajstić information content (AvgIpc) is 2.00. The maximum absolute atomic E-state index is 11.1. The number of hydrogen-bond acceptors (Lipinski definition) is 4. The quantitative estimate of drug-likeness (QED) is 0.439. The van der Waals surface area contributed by atoms with E-state index in [4.69, 9.17) is 9.47 Å². The van der Waals surface area contributed by atoms with Gasteiger partial charge in [0.05, 0.1) is 0 Å². The Hall–Kier alpha value is -1.52. The molecule has 0 aliphatic heterocycles. The highest BCUT2D eigenvalue weighted by Crippen LogP contribution is 2.00. The van der Waals surface area contributed by atoms with Crippen molar-refractivity contribution in [3.8, 4) is 0 Å². The predicted molar refractivity (Wildman–Crippen MR) is 55.1 cm³/mol. The van der Waals surface area contributed by atoms with Crippen LogP contribution in [0.3, 0.4) is 0 Å². The number of amides is 1. The Morgan fingerprint density at radius 3 is 2.13 bits per heavy atom. The summed E-state index contributed by atoms with van der Waals surface area (Å²) in [6.45, 7) is 9.98. The molecule has 1 N–H and O–H groups in total. The van der Waals surface area contributed by atoms with Crippen LogP contribution in [0.2, 0.25) is 0 Å². The van der Waals surface area contributed by atoms with E-state index >= 15 is 0 Å². The Morgan fingerprint density at radius 1 is 1.20 bits per heavy atom. The van der Waals surface area contributed by atoms with Gasteiger partial charge in [0, 0.05) is 18.5 Å². The molecule has 0 aliphatic rings. The Morgan fingerprint density at radius 2 is 1.73 bits per heavy atom. The van der Waals surface area contributed by atoms with Crippen LogP contribution in [0.4, 0.5) is 4.79 Å². The van der Waals surface area contributed by atoms with E-state index in [1.165, 1.54) is 13.8 Å². The van der Waals surface area contributed by atoms with Gasteiger partial charge >= 0.3 is 12.1 Å². The van der Waals surface area contributed by atoms with Crippen molar-refractivity contribution in [3.05, 3.63) is 12.2 Å². The van der Waals surface area contributed by atoms with E-state index in [2.05, 4.69) is 11.9 Å². The van der Waals surface area contributed by atoms with Crippen LogP contribution in [0, 0.1) is 0 Å². The predicted octanol–water partition coefficient (Wildman–Crippen LogP) is 1.59. The summed E-state index contributed by atoms with van der Waals surface area (Å²) in [4.78, 5) is 22.1. The molecule has 0 aromatic rings. The molecule has 0 heterocycles. The minimum Gasteiger partial charge on any atom is -0.422 e. The lowest BCUT2D eigenvalue weighted by Gasteiger charge is -2.15. The normalized spacial score (nSPS) is 11.8. The fourth-order valence-electron chi connectivity index (χ4n) is 0.696. The van der Waals surface area contributed by atoms with Gasteiger partial charge in [-0.25, -0.2) is 9.59 Å². The first-order chi connectivity index (χ1) is 6.82. The molecule has 86 valence electrons. The number of nitrogens with one attached hydrogen (secondary N) is 1. The van der Waals surface area contributed by atoms with Crippen LogP contribution in [0.5, 0.6) is 0 Å². The molecule has 0 saturated carbocycles. The van der Waals surface area contributed by atoms with Crippen molar-refractivity contribution in [1.82, 2.24) is 5.32 Å². The number of alkyl carbamates (subject to hydrolysis) is 1. The number of hydrogen-bond donors (Lipinski definition) is 1. The zero-order chi connectivity index (χ0) is 12.0. The average molecular weight is 215 g/mol. The SMILES string of the molecule is C=C(C)C(=O)OC(C)OC(=O)NC(C)C. The van der Waals surface area contributed by atoms with Crippen LogP contribution in [-0.2, 0) is 14.3 Å². The molecular weight excluding hydrogens is 198 g/mol. The van der Waals surface area contributed by atoms with Gasteiger partial charge in [0.1, 0.15) is 0 Å². The highest BCUT2D eigenvalue weighted by molar-refractivity contribution is 5.87. The maximum atomic E-state index is 11.1.